The van der Waals surface area contributed by atoms with Crippen LogP contribution in [0.1, 0.15) is 41.0 Å². The molecule has 0 heterocycles. The van der Waals surface area contributed by atoms with E-state index in [9.17, 15) is 9.59 Å². The van der Waals surface area contributed by atoms with Gasteiger partial charge in [-0.2, -0.15) is 5.10 Å². The summed E-state index contributed by atoms with van der Waals surface area (Å²) in [7, 11) is 0. The molecule has 2 N–H and O–H groups in total. The fourth-order valence-corrected chi connectivity index (χ4v) is 0.565. The molecule has 5 heteroatoms. The Bertz CT molecular complexity index is 225. The first-order valence-electron chi connectivity index (χ1n) is 5.12. The van der Waals surface area contributed by atoms with Crippen LogP contribution in [0.25, 0.3) is 0 Å². The maximum absolute atomic E-state index is 10.8. The molecule has 0 aliphatic heterocycles. The van der Waals surface area contributed by atoms with Crippen molar-refractivity contribution in [2.45, 2.75) is 41.0 Å². The zero-order valence-corrected chi connectivity index (χ0v) is 10.2. The van der Waals surface area contributed by atoms with Crippen molar-refractivity contribution in [2.75, 3.05) is 6.54 Å². The van der Waals surface area contributed by atoms with Crippen molar-refractivity contribution in [1.82, 2.24) is 10.7 Å². The molecule has 0 bridgehead atoms. The topological polar surface area (TPSA) is 70.6 Å². The molecule has 0 radical (unpaired) electrons. The quantitative estimate of drug-likeness (QED) is 0.543. The zero-order chi connectivity index (χ0) is 12.3. The molecular formula is C10H21N3O2. The van der Waals surface area contributed by atoms with Crippen LogP contribution >= 0.6 is 0 Å². The van der Waals surface area contributed by atoms with E-state index in [0.717, 1.165) is 0 Å². The highest BCUT2D eigenvalue weighted by Crippen LogP contribution is 1.77. The van der Waals surface area contributed by atoms with Crippen LogP contribution in [0.2, 0.25) is 0 Å². The number of amides is 2. The van der Waals surface area contributed by atoms with Gasteiger partial charge in [0.05, 0.1) is 12.3 Å². The molecule has 0 aliphatic rings. The molecule has 0 aromatic rings. The van der Waals surface area contributed by atoms with Crippen LogP contribution in [-0.2, 0) is 9.59 Å². The Morgan fingerprint density at radius 3 is 2.13 bits per heavy atom. The Hall–Kier alpha value is -1.39. The Kier molecular flexibility index (Phi) is 11.4. The maximum Gasteiger partial charge on any atom is 0.236 e. The summed E-state index contributed by atoms with van der Waals surface area (Å²) in [4.78, 5) is 21.2. The molecule has 0 rings (SSSR count). The molecule has 0 saturated carbocycles. The molecular weight excluding hydrogens is 194 g/mol. The zero-order valence-electron chi connectivity index (χ0n) is 10.2. The monoisotopic (exact) mass is 215 g/mol. The van der Waals surface area contributed by atoms with Gasteiger partial charge in [-0.3, -0.25) is 9.59 Å². The molecule has 0 spiro atoms. The van der Waals surface area contributed by atoms with Gasteiger partial charge in [-0.25, -0.2) is 5.43 Å². The molecule has 88 valence electrons. The summed E-state index contributed by atoms with van der Waals surface area (Å²) < 4.78 is 0. The standard InChI is InChI=1S/C8H15N3O2.C2H6/c1-4-8(13)9-5-6(2)10-11-7(3)12;1-2/h4-5H2,1-3H3,(H,9,13)(H,11,12);1-2H3/b10-6+;. The highest BCUT2D eigenvalue weighted by molar-refractivity contribution is 5.89. The van der Waals surface area contributed by atoms with Gasteiger partial charge in [-0.15, -0.1) is 0 Å². The van der Waals surface area contributed by atoms with Crippen molar-refractivity contribution in [3.8, 4) is 0 Å². The summed E-state index contributed by atoms with van der Waals surface area (Å²) in [6, 6.07) is 0. The Labute approximate surface area is 91.3 Å². The van der Waals surface area contributed by atoms with Crippen molar-refractivity contribution < 1.29 is 9.59 Å². The van der Waals surface area contributed by atoms with Crippen LogP contribution < -0.4 is 10.7 Å². The Morgan fingerprint density at radius 1 is 1.20 bits per heavy atom. The van der Waals surface area contributed by atoms with Crippen molar-refractivity contribution in [2.24, 2.45) is 5.10 Å². The fourth-order valence-electron chi connectivity index (χ4n) is 0.565. The molecule has 0 unspecified atom stereocenters. The highest BCUT2D eigenvalue weighted by atomic mass is 16.2. The van der Waals surface area contributed by atoms with Gasteiger partial charge in [0.25, 0.3) is 0 Å². The van der Waals surface area contributed by atoms with Gasteiger partial charge in [0.1, 0.15) is 0 Å². The average molecular weight is 215 g/mol. The third kappa shape index (κ3) is 12.6. The number of carbonyl (C=O) groups is 2. The number of hydrogen-bond acceptors (Lipinski definition) is 3. The summed E-state index contributed by atoms with van der Waals surface area (Å²) in [5, 5.41) is 6.37. The highest BCUT2D eigenvalue weighted by Gasteiger charge is 1.97. The predicted octanol–water partition coefficient (Wildman–Crippen LogP) is 1.05. The van der Waals surface area contributed by atoms with Gasteiger partial charge >= 0.3 is 0 Å². The first-order chi connectivity index (χ1) is 7.06. The minimum Gasteiger partial charge on any atom is -0.351 e. The number of hydrogen-bond donors (Lipinski definition) is 2. The first-order valence-corrected chi connectivity index (χ1v) is 5.12. The number of carbonyl (C=O) groups excluding carboxylic acids is 2. The third-order valence-electron chi connectivity index (χ3n) is 1.27. The summed E-state index contributed by atoms with van der Waals surface area (Å²) >= 11 is 0. The Balaban J connectivity index is 0. The van der Waals surface area contributed by atoms with Crippen LogP contribution in [0.3, 0.4) is 0 Å². The summed E-state index contributed by atoms with van der Waals surface area (Å²) in [5.41, 5.74) is 2.95. The summed E-state index contributed by atoms with van der Waals surface area (Å²) in [6.45, 7) is 9.25. The van der Waals surface area contributed by atoms with Gasteiger partial charge in [0.15, 0.2) is 0 Å². The summed E-state index contributed by atoms with van der Waals surface area (Å²) in [5.74, 6) is -0.251. The SMILES string of the molecule is CC.CCC(=O)NC/C(C)=N/NC(C)=O. The van der Waals surface area contributed by atoms with Gasteiger partial charge in [0.2, 0.25) is 11.8 Å². The van der Waals surface area contributed by atoms with E-state index in [-0.39, 0.29) is 11.8 Å². The number of nitrogens with zero attached hydrogens (tertiary/aromatic N) is 1. The lowest BCUT2D eigenvalue weighted by Crippen LogP contribution is -2.29. The normalized spacial score (nSPS) is 9.80. The van der Waals surface area contributed by atoms with Crippen LogP contribution in [0.5, 0.6) is 0 Å². The van der Waals surface area contributed by atoms with E-state index in [4.69, 9.17) is 0 Å². The Morgan fingerprint density at radius 2 is 1.73 bits per heavy atom. The summed E-state index contributed by atoms with van der Waals surface area (Å²) in [6.07, 6.45) is 0.452. The number of nitrogens with one attached hydrogen (secondary N) is 2. The molecule has 0 saturated heterocycles. The van der Waals surface area contributed by atoms with Gasteiger partial charge in [0, 0.05) is 13.3 Å². The van der Waals surface area contributed by atoms with Crippen molar-refractivity contribution in [1.29, 1.82) is 0 Å². The van der Waals surface area contributed by atoms with E-state index in [0.29, 0.717) is 18.7 Å². The van der Waals surface area contributed by atoms with Crippen LogP contribution in [0, 0.1) is 0 Å². The molecule has 15 heavy (non-hydrogen) atoms. The lowest BCUT2D eigenvalue weighted by molar-refractivity contribution is -0.120. The van der Waals surface area contributed by atoms with Crippen LogP contribution in [0.4, 0.5) is 0 Å². The second kappa shape index (κ2) is 10.7. The average Bonchev–Trinajstić information content (AvgIpc) is 2.25. The van der Waals surface area contributed by atoms with Crippen LogP contribution in [0.15, 0.2) is 5.10 Å². The maximum atomic E-state index is 10.8. The second-order valence-electron chi connectivity index (χ2n) is 2.65. The van der Waals surface area contributed by atoms with Crippen molar-refractivity contribution >= 4 is 17.5 Å². The largest absolute Gasteiger partial charge is 0.351 e. The van der Waals surface area contributed by atoms with Gasteiger partial charge in [-0.05, 0) is 6.92 Å². The van der Waals surface area contributed by atoms with E-state index in [1.165, 1.54) is 6.92 Å². The van der Waals surface area contributed by atoms with E-state index in [1.54, 1.807) is 13.8 Å². The minimum atomic E-state index is -0.221. The van der Waals surface area contributed by atoms with Gasteiger partial charge < -0.3 is 5.32 Å². The van der Waals surface area contributed by atoms with E-state index >= 15 is 0 Å². The molecule has 5 nitrogen and oxygen atoms in total. The molecule has 2 amide bonds. The van der Waals surface area contributed by atoms with E-state index < -0.39 is 0 Å². The number of rotatable bonds is 4. The minimum absolute atomic E-state index is 0.0302. The lowest BCUT2D eigenvalue weighted by atomic mass is 10.4. The molecule has 0 aromatic heterocycles. The van der Waals surface area contributed by atoms with E-state index in [2.05, 4.69) is 15.8 Å². The fraction of sp³-hybridized carbons (Fsp3) is 0.700. The van der Waals surface area contributed by atoms with Crippen molar-refractivity contribution in [3.63, 3.8) is 0 Å². The molecule has 0 fully saturated rings. The lowest BCUT2D eigenvalue weighted by Gasteiger charge is -2.02. The predicted molar refractivity (Wildman–Crippen MR) is 61.6 cm³/mol. The molecule has 0 aromatic carbocycles. The smallest absolute Gasteiger partial charge is 0.236 e. The molecule has 0 aliphatic carbocycles. The van der Waals surface area contributed by atoms with Crippen molar-refractivity contribution in [3.05, 3.63) is 0 Å². The van der Waals surface area contributed by atoms with Gasteiger partial charge in [-0.1, -0.05) is 20.8 Å². The van der Waals surface area contributed by atoms with Crippen LogP contribution in [-0.4, -0.2) is 24.1 Å². The number of hydrazone groups is 1. The third-order valence-corrected chi connectivity index (χ3v) is 1.27. The van der Waals surface area contributed by atoms with E-state index in [1.807, 2.05) is 13.8 Å². The second-order valence-corrected chi connectivity index (χ2v) is 2.65. The first kappa shape index (κ1) is 16.1. The molecule has 0 atom stereocenters.